The van der Waals surface area contributed by atoms with Gasteiger partial charge in [-0.3, -0.25) is 0 Å². The summed E-state index contributed by atoms with van der Waals surface area (Å²) in [6.45, 7) is 5.70. The lowest BCUT2D eigenvalue weighted by molar-refractivity contribution is 0.0699. The number of benzene rings is 1. The van der Waals surface area contributed by atoms with Crippen LogP contribution in [0.25, 0.3) is 0 Å². The molecule has 0 aliphatic carbocycles. The van der Waals surface area contributed by atoms with E-state index < -0.39 is 11.8 Å². The molecule has 0 atom stereocenters. The molecule has 1 N–H and O–H groups in total. The molecule has 0 spiro atoms. The number of carboxylic acid groups (broad SMARTS) is 1. The quantitative estimate of drug-likeness (QED) is 0.901. The largest absolute Gasteiger partial charge is 0.477 e. The second kappa shape index (κ2) is 5.73. The molecule has 6 heteroatoms. The van der Waals surface area contributed by atoms with Crippen molar-refractivity contribution >= 4 is 28.9 Å². The van der Waals surface area contributed by atoms with Crippen LogP contribution in [0.5, 0.6) is 0 Å². The highest BCUT2D eigenvalue weighted by Crippen LogP contribution is 2.31. The Bertz CT molecular complexity index is 691. The molecule has 2 rings (SSSR count). The van der Waals surface area contributed by atoms with Gasteiger partial charge in [-0.2, -0.15) is 0 Å². The minimum atomic E-state index is -1.00. The zero-order chi connectivity index (χ0) is 15.8. The standard InChI is InChI=1S/C15H15ClFNO2S/c1-15(2,3)13-12(14(19)20)21-10(18-13)7-8-5-4-6-9(16)11(8)17/h4-6H,7H2,1-3H3,(H,19,20). The molecular formula is C15H15ClFNO2S. The fraction of sp³-hybridized carbons (Fsp3) is 0.333. The first kappa shape index (κ1) is 15.9. The van der Waals surface area contributed by atoms with E-state index in [4.69, 9.17) is 11.6 Å². The lowest BCUT2D eigenvalue weighted by atomic mass is 9.91. The van der Waals surface area contributed by atoms with Crippen LogP contribution in [0, 0.1) is 5.82 Å². The Labute approximate surface area is 131 Å². The van der Waals surface area contributed by atoms with E-state index in [2.05, 4.69) is 4.98 Å². The molecule has 0 saturated carbocycles. The molecule has 1 heterocycles. The van der Waals surface area contributed by atoms with Gasteiger partial charge in [0.15, 0.2) is 0 Å². The Morgan fingerprint density at radius 2 is 2.10 bits per heavy atom. The van der Waals surface area contributed by atoms with Crippen molar-refractivity contribution in [3.05, 3.63) is 50.2 Å². The predicted molar refractivity (Wildman–Crippen MR) is 82.0 cm³/mol. The summed E-state index contributed by atoms with van der Waals surface area (Å²) in [4.78, 5) is 15.9. The Balaban J connectivity index is 2.42. The number of nitrogens with zero attached hydrogens (tertiary/aromatic N) is 1. The molecule has 0 aliphatic heterocycles. The molecule has 112 valence electrons. The van der Waals surface area contributed by atoms with Gasteiger partial charge in [0.05, 0.1) is 15.7 Å². The first-order valence-electron chi connectivity index (χ1n) is 6.36. The van der Waals surface area contributed by atoms with Gasteiger partial charge in [0.2, 0.25) is 0 Å². The molecular weight excluding hydrogens is 313 g/mol. The highest BCUT2D eigenvalue weighted by molar-refractivity contribution is 7.13. The van der Waals surface area contributed by atoms with Crippen LogP contribution in [0.15, 0.2) is 18.2 Å². The van der Waals surface area contributed by atoms with Crippen molar-refractivity contribution in [2.24, 2.45) is 0 Å². The summed E-state index contributed by atoms with van der Waals surface area (Å²) >= 11 is 6.84. The number of aromatic carboxylic acids is 1. The van der Waals surface area contributed by atoms with Crippen molar-refractivity contribution in [1.82, 2.24) is 4.98 Å². The molecule has 2 aromatic rings. The first-order chi connectivity index (χ1) is 9.70. The van der Waals surface area contributed by atoms with Crippen LogP contribution < -0.4 is 0 Å². The van der Waals surface area contributed by atoms with E-state index >= 15 is 0 Å². The van der Waals surface area contributed by atoms with Gasteiger partial charge >= 0.3 is 5.97 Å². The van der Waals surface area contributed by atoms with Crippen molar-refractivity contribution in [3.8, 4) is 0 Å². The van der Waals surface area contributed by atoms with Crippen molar-refractivity contribution in [1.29, 1.82) is 0 Å². The Kier molecular flexibility index (Phi) is 4.35. The van der Waals surface area contributed by atoms with Crippen LogP contribution in [-0.4, -0.2) is 16.1 Å². The number of aromatic nitrogens is 1. The molecule has 0 aliphatic rings. The molecule has 0 bridgehead atoms. The highest BCUT2D eigenvalue weighted by atomic mass is 35.5. The molecule has 0 unspecified atom stereocenters. The summed E-state index contributed by atoms with van der Waals surface area (Å²) in [6, 6.07) is 4.77. The maximum Gasteiger partial charge on any atom is 0.347 e. The van der Waals surface area contributed by atoms with Crippen molar-refractivity contribution in [2.75, 3.05) is 0 Å². The van der Waals surface area contributed by atoms with Gasteiger partial charge in [0.25, 0.3) is 0 Å². The second-order valence-corrected chi connectivity index (χ2v) is 7.22. The van der Waals surface area contributed by atoms with Crippen molar-refractivity contribution in [2.45, 2.75) is 32.6 Å². The second-order valence-electron chi connectivity index (χ2n) is 5.73. The maximum absolute atomic E-state index is 13.9. The average Bonchev–Trinajstić information content (AvgIpc) is 2.79. The van der Waals surface area contributed by atoms with E-state index in [-0.39, 0.29) is 21.7 Å². The van der Waals surface area contributed by atoms with Crippen LogP contribution in [-0.2, 0) is 11.8 Å². The Morgan fingerprint density at radius 1 is 1.43 bits per heavy atom. The highest BCUT2D eigenvalue weighted by Gasteiger charge is 2.27. The van der Waals surface area contributed by atoms with Crippen LogP contribution >= 0.6 is 22.9 Å². The minimum Gasteiger partial charge on any atom is -0.477 e. The van der Waals surface area contributed by atoms with E-state index in [1.54, 1.807) is 12.1 Å². The summed E-state index contributed by atoms with van der Waals surface area (Å²) in [5.74, 6) is -1.49. The smallest absolute Gasteiger partial charge is 0.347 e. The molecule has 0 amide bonds. The Morgan fingerprint density at radius 3 is 2.62 bits per heavy atom. The molecule has 0 radical (unpaired) electrons. The zero-order valence-electron chi connectivity index (χ0n) is 11.9. The van der Waals surface area contributed by atoms with Crippen LogP contribution in [0.4, 0.5) is 4.39 Å². The fourth-order valence-electron chi connectivity index (χ4n) is 1.94. The van der Waals surface area contributed by atoms with Gasteiger partial charge < -0.3 is 5.11 Å². The van der Waals surface area contributed by atoms with E-state index in [1.165, 1.54) is 6.07 Å². The van der Waals surface area contributed by atoms with E-state index in [0.29, 0.717) is 16.3 Å². The summed E-state index contributed by atoms with van der Waals surface area (Å²) in [6.07, 6.45) is 0.230. The lowest BCUT2D eigenvalue weighted by Crippen LogP contribution is -2.16. The summed E-state index contributed by atoms with van der Waals surface area (Å²) in [5, 5.41) is 9.90. The number of rotatable bonds is 3. The Hall–Kier alpha value is -1.46. The predicted octanol–water partition coefficient (Wildman–Crippen LogP) is 4.52. The van der Waals surface area contributed by atoms with Gasteiger partial charge in [-0.05, 0) is 11.6 Å². The number of carbonyl (C=O) groups is 1. The van der Waals surface area contributed by atoms with Gasteiger partial charge in [-0.1, -0.05) is 44.5 Å². The number of hydrogen-bond donors (Lipinski definition) is 1. The van der Waals surface area contributed by atoms with Gasteiger partial charge in [-0.15, -0.1) is 11.3 Å². The SMILES string of the molecule is CC(C)(C)c1nc(Cc2cccc(Cl)c2F)sc1C(=O)O. The monoisotopic (exact) mass is 327 g/mol. The maximum atomic E-state index is 13.9. The van der Waals surface area contributed by atoms with E-state index in [0.717, 1.165) is 11.3 Å². The third kappa shape index (κ3) is 3.41. The zero-order valence-corrected chi connectivity index (χ0v) is 13.5. The van der Waals surface area contributed by atoms with Crippen molar-refractivity contribution in [3.63, 3.8) is 0 Å². The normalized spacial score (nSPS) is 11.7. The lowest BCUT2D eigenvalue weighted by Gasteiger charge is -2.16. The van der Waals surface area contributed by atoms with Gasteiger partial charge in [0.1, 0.15) is 10.7 Å². The molecule has 3 nitrogen and oxygen atoms in total. The summed E-state index contributed by atoms with van der Waals surface area (Å²) in [7, 11) is 0. The van der Waals surface area contributed by atoms with Crippen LogP contribution in [0.3, 0.4) is 0 Å². The third-order valence-electron chi connectivity index (χ3n) is 2.95. The molecule has 0 fully saturated rings. The molecule has 21 heavy (non-hydrogen) atoms. The van der Waals surface area contributed by atoms with Crippen molar-refractivity contribution < 1.29 is 14.3 Å². The first-order valence-corrected chi connectivity index (χ1v) is 7.56. The average molecular weight is 328 g/mol. The van der Waals surface area contributed by atoms with Crippen LogP contribution in [0.1, 0.15) is 46.7 Å². The number of hydrogen-bond acceptors (Lipinski definition) is 3. The van der Waals surface area contributed by atoms with E-state index in [1.807, 2.05) is 20.8 Å². The topological polar surface area (TPSA) is 50.2 Å². The number of thiazole rings is 1. The minimum absolute atomic E-state index is 0.0542. The summed E-state index contributed by atoms with van der Waals surface area (Å²) in [5.41, 5.74) is 0.557. The van der Waals surface area contributed by atoms with Gasteiger partial charge in [-0.25, -0.2) is 14.2 Å². The summed E-state index contributed by atoms with van der Waals surface area (Å²) < 4.78 is 13.9. The number of carboxylic acids is 1. The van der Waals surface area contributed by atoms with Gasteiger partial charge in [0, 0.05) is 11.8 Å². The molecule has 1 aromatic heterocycles. The fourth-order valence-corrected chi connectivity index (χ4v) is 3.27. The molecule has 0 saturated heterocycles. The number of halogens is 2. The molecule has 1 aromatic carbocycles. The third-order valence-corrected chi connectivity index (χ3v) is 4.28. The van der Waals surface area contributed by atoms with E-state index in [9.17, 15) is 14.3 Å². The van der Waals surface area contributed by atoms with Crippen LogP contribution in [0.2, 0.25) is 5.02 Å².